The summed E-state index contributed by atoms with van der Waals surface area (Å²) in [4.78, 5) is 2.19. The van der Waals surface area contributed by atoms with E-state index in [1.807, 2.05) is 0 Å². The minimum Gasteiger partial charge on any atom is -0.358 e. The van der Waals surface area contributed by atoms with Gasteiger partial charge in [0.25, 0.3) is 0 Å². The summed E-state index contributed by atoms with van der Waals surface area (Å²) in [6, 6.07) is 4.16. The van der Waals surface area contributed by atoms with Crippen LogP contribution >= 0.6 is 35.3 Å². The number of hydrogen-bond donors (Lipinski definition) is 0. The molecule has 0 saturated heterocycles. The molecule has 1 nitrogen and oxygen atoms in total. The molecule has 0 spiro atoms. The van der Waals surface area contributed by atoms with Crippen molar-refractivity contribution in [2.24, 2.45) is 0 Å². The van der Waals surface area contributed by atoms with Crippen molar-refractivity contribution in [1.29, 1.82) is 0 Å². The van der Waals surface area contributed by atoms with E-state index in [2.05, 4.69) is 36.3 Å². The third-order valence-corrected chi connectivity index (χ3v) is 4.18. The quantitative estimate of drug-likeness (QED) is 0.579. The van der Waals surface area contributed by atoms with Crippen molar-refractivity contribution in [3.05, 3.63) is 17.5 Å². The fourth-order valence-electron chi connectivity index (χ4n) is 0.954. The standard InChI is InChI=1S/C9H13NS3/c1-3-10(4-2)9(11)13-8-6-5-7-12-8/h5-7H,3-4H2,1-2H3. The summed E-state index contributed by atoms with van der Waals surface area (Å²) in [5, 5.41) is 2.08. The number of thiophene rings is 1. The molecule has 1 aromatic rings. The first kappa shape index (κ1) is 11.0. The molecule has 0 saturated carbocycles. The highest BCUT2D eigenvalue weighted by Crippen LogP contribution is 2.26. The SMILES string of the molecule is CCN(CC)C(=S)Sc1cccs1. The molecular weight excluding hydrogens is 218 g/mol. The first-order valence-corrected chi connectivity index (χ1v) is 6.38. The molecule has 1 aromatic heterocycles. The van der Waals surface area contributed by atoms with Crippen LogP contribution in [0, 0.1) is 0 Å². The van der Waals surface area contributed by atoms with E-state index in [1.165, 1.54) is 4.21 Å². The van der Waals surface area contributed by atoms with E-state index in [0.29, 0.717) is 0 Å². The molecule has 0 radical (unpaired) electrons. The van der Waals surface area contributed by atoms with Crippen LogP contribution in [0.15, 0.2) is 21.7 Å². The van der Waals surface area contributed by atoms with Crippen molar-refractivity contribution in [2.75, 3.05) is 13.1 Å². The summed E-state index contributed by atoms with van der Waals surface area (Å²) in [5.74, 6) is 0. The van der Waals surface area contributed by atoms with Crippen LogP contribution in [0.4, 0.5) is 0 Å². The molecule has 1 heterocycles. The van der Waals surface area contributed by atoms with Gasteiger partial charge in [-0.25, -0.2) is 0 Å². The lowest BCUT2D eigenvalue weighted by atomic mass is 10.6. The fourth-order valence-corrected chi connectivity index (χ4v) is 3.39. The van der Waals surface area contributed by atoms with Gasteiger partial charge in [-0.1, -0.05) is 18.3 Å². The molecule has 13 heavy (non-hydrogen) atoms. The van der Waals surface area contributed by atoms with Crippen LogP contribution in [-0.4, -0.2) is 22.3 Å². The van der Waals surface area contributed by atoms with Gasteiger partial charge < -0.3 is 4.90 Å². The predicted octanol–water partition coefficient (Wildman–Crippen LogP) is 3.47. The van der Waals surface area contributed by atoms with Gasteiger partial charge >= 0.3 is 0 Å². The van der Waals surface area contributed by atoms with Crippen molar-refractivity contribution in [1.82, 2.24) is 4.90 Å². The lowest BCUT2D eigenvalue weighted by Crippen LogP contribution is -2.26. The van der Waals surface area contributed by atoms with E-state index < -0.39 is 0 Å². The van der Waals surface area contributed by atoms with Crippen LogP contribution in [0.25, 0.3) is 0 Å². The molecule has 72 valence electrons. The highest BCUT2D eigenvalue weighted by molar-refractivity contribution is 8.23. The lowest BCUT2D eigenvalue weighted by molar-refractivity contribution is 0.482. The van der Waals surface area contributed by atoms with Crippen LogP contribution < -0.4 is 0 Å². The summed E-state index contributed by atoms with van der Waals surface area (Å²) in [6.45, 7) is 6.25. The number of thiocarbonyl (C=S) groups is 1. The van der Waals surface area contributed by atoms with Crippen LogP contribution in [0.5, 0.6) is 0 Å². The zero-order valence-electron chi connectivity index (χ0n) is 7.82. The third kappa shape index (κ3) is 3.29. The van der Waals surface area contributed by atoms with Crippen molar-refractivity contribution >= 4 is 39.6 Å². The van der Waals surface area contributed by atoms with Crippen LogP contribution in [0.3, 0.4) is 0 Å². The van der Waals surface area contributed by atoms with Gasteiger partial charge in [-0.05, 0) is 37.1 Å². The number of rotatable bonds is 3. The van der Waals surface area contributed by atoms with E-state index >= 15 is 0 Å². The normalized spacial score (nSPS) is 10.0. The van der Waals surface area contributed by atoms with Gasteiger partial charge in [0, 0.05) is 13.1 Å². The molecule has 0 atom stereocenters. The zero-order chi connectivity index (χ0) is 9.68. The van der Waals surface area contributed by atoms with E-state index in [-0.39, 0.29) is 0 Å². The molecule has 0 N–H and O–H groups in total. The van der Waals surface area contributed by atoms with Gasteiger partial charge in [0.15, 0.2) is 0 Å². The minimum absolute atomic E-state index is 0.979. The highest BCUT2D eigenvalue weighted by Gasteiger charge is 2.06. The van der Waals surface area contributed by atoms with Gasteiger partial charge in [-0.2, -0.15) is 0 Å². The molecule has 0 aliphatic heterocycles. The van der Waals surface area contributed by atoms with E-state index in [0.717, 1.165) is 17.4 Å². The second kappa shape index (κ2) is 5.62. The summed E-state index contributed by atoms with van der Waals surface area (Å²) >= 11 is 8.74. The Morgan fingerprint density at radius 2 is 2.23 bits per heavy atom. The second-order valence-corrected chi connectivity index (χ2v) is 5.35. The second-order valence-electron chi connectivity index (χ2n) is 2.47. The molecule has 0 fully saturated rings. The monoisotopic (exact) mass is 231 g/mol. The molecular formula is C9H13NS3. The Hall–Kier alpha value is -0.0600. The van der Waals surface area contributed by atoms with Crippen LogP contribution in [0.1, 0.15) is 13.8 Å². The molecule has 0 aromatic carbocycles. The summed E-state index contributed by atoms with van der Waals surface area (Å²) in [6.07, 6.45) is 0. The number of hydrogen-bond acceptors (Lipinski definition) is 3. The van der Waals surface area contributed by atoms with Crippen molar-refractivity contribution in [2.45, 2.75) is 18.1 Å². The Kier molecular flexibility index (Phi) is 4.77. The molecule has 0 bridgehead atoms. The molecule has 0 amide bonds. The third-order valence-electron chi connectivity index (χ3n) is 1.70. The van der Waals surface area contributed by atoms with Crippen molar-refractivity contribution < 1.29 is 0 Å². The van der Waals surface area contributed by atoms with E-state index in [9.17, 15) is 0 Å². The zero-order valence-corrected chi connectivity index (χ0v) is 10.3. The van der Waals surface area contributed by atoms with Gasteiger partial charge in [0.1, 0.15) is 4.32 Å². The first-order chi connectivity index (χ1) is 6.27. The lowest BCUT2D eigenvalue weighted by Gasteiger charge is -2.20. The molecule has 1 rings (SSSR count). The highest BCUT2D eigenvalue weighted by atomic mass is 32.2. The molecule has 0 unspecified atom stereocenters. The summed E-state index contributed by atoms with van der Waals surface area (Å²) in [7, 11) is 0. The van der Waals surface area contributed by atoms with E-state index in [4.69, 9.17) is 12.2 Å². The minimum atomic E-state index is 0.979. The topological polar surface area (TPSA) is 3.24 Å². The molecule has 4 heteroatoms. The smallest absolute Gasteiger partial charge is 0.141 e. The van der Waals surface area contributed by atoms with Gasteiger partial charge in [-0.15, -0.1) is 11.3 Å². The Bertz CT molecular complexity index is 252. The Balaban J connectivity index is 2.49. The van der Waals surface area contributed by atoms with Gasteiger partial charge in [0.2, 0.25) is 0 Å². The number of nitrogens with zero attached hydrogens (tertiary/aromatic N) is 1. The average Bonchev–Trinajstić information content (AvgIpc) is 2.59. The maximum Gasteiger partial charge on any atom is 0.141 e. The van der Waals surface area contributed by atoms with E-state index in [1.54, 1.807) is 23.1 Å². The Morgan fingerprint density at radius 1 is 1.54 bits per heavy atom. The average molecular weight is 231 g/mol. The van der Waals surface area contributed by atoms with Gasteiger partial charge in [-0.3, -0.25) is 0 Å². The van der Waals surface area contributed by atoms with Gasteiger partial charge in [0.05, 0.1) is 4.21 Å². The predicted molar refractivity (Wildman–Crippen MR) is 65.7 cm³/mol. The van der Waals surface area contributed by atoms with Crippen molar-refractivity contribution in [3.63, 3.8) is 0 Å². The summed E-state index contributed by atoms with van der Waals surface area (Å²) in [5.41, 5.74) is 0. The maximum atomic E-state index is 5.32. The van der Waals surface area contributed by atoms with Crippen LogP contribution in [0.2, 0.25) is 0 Å². The Morgan fingerprint density at radius 3 is 2.69 bits per heavy atom. The Labute approximate surface area is 93.1 Å². The summed E-state index contributed by atoms with van der Waals surface area (Å²) < 4.78 is 2.25. The fraction of sp³-hybridized carbons (Fsp3) is 0.444. The first-order valence-electron chi connectivity index (χ1n) is 4.28. The molecule has 0 aliphatic carbocycles. The number of thioether (sulfide) groups is 1. The van der Waals surface area contributed by atoms with Crippen molar-refractivity contribution in [3.8, 4) is 0 Å². The molecule has 0 aliphatic rings. The maximum absolute atomic E-state index is 5.32. The van der Waals surface area contributed by atoms with Crippen LogP contribution in [-0.2, 0) is 0 Å². The largest absolute Gasteiger partial charge is 0.358 e.